The molecule has 2 amide bonds. The van der Waals surface area contributed by atoms with Crippen molar-refractivity contribution in [2.45, 2.75) is 38.8 Å². The summed E-state index contributed by atoms with van der Waals surface area (Å²) in [4.78, 5) is 22.6. The Bertz CT molecular complexity index is 2370. The van der Waals surface area contributed by atoms with Gasteiger partial charge in [0.15, 0.2) is 0 Å². The lowest BCUT2D eigenvalue weighted by atomic mass is 9.89. The molecule has 0 spiro atoms. The average molecular weight is 829 g/mol. The van der Waals surface area contributed by atoms with E-state index in [1.165, 1.54) is 10.7 Å². The van der Waals surface area contributed by atoms with Crippen LogP contribution in [0.4, 0.5) is 29.5 Å². The predicted molar refractivity (Wildman–Crippen MR) is 221 cm³/mol. The number of carbonyl (C=O) groups excluding carboxylic acids is 1. The Kier molecular flexibility index (Phi) is 14.2. The van der Waals surface area contributed by atoms with E-state index in [-0.39, 0.29) is 11.5 Å². The number of nitrogens with zero attached hydrogens (tertiary/aromatic N) is 4. The van der Waals surface area contributed by atoms with E-state index >= 15 is 0 Å². The standard InChI is InChI=1S/C44H47F3N6O7/c1-29-10-12-31(13-11-29)53-40(28-38(52-53)43(2,3)44(45,46)47)51-42(54)49-36-14-15-37(35-9-7-6-8-34(35)36)60-41-16-17-48-39(50-41)26-30-24-32(56-5)27-33(25-30)59-23-22-58-21-20-57-19-18-55-4/h6-17,24-25,27-28H,18-23,26H2,1-5H3,(H2,49,51,54). The van der Waals surface area contributed by atoms with Crippen LogP contribution in [0.25, 0.3) is 16.5 Å². The molecule has 0 aliphatic carbocycles. The van der Waals surface area contributed by atoms with E-state index in [0.717, 1.165) is 25.0 Å². The van der Waals surface area contributed by atoms with Crippen LogP contribution in [0.5, 0.6) is 23.1 Å². The highest BCUT2D eigenvalue weighted by Gasteiger charge is 2.50. The van der Waals surface area contributed by atoms with Crippen molar-refractivity contribution in [2.24, 2.45) is 0 Å². The molecular weight excluding hydrogens is 782 g/mol. The molecule has 0 aliphatic heterocycles. The van der Waals surface area contributed by atoms with Crippen molar-refractivity contribution in [3.8, 4) is 28.8 Å². The molecular formula is C44H47F3N6O7. The van der Waals surface area contributed by atoms with Crippen molar-refractivity contribution in [2.75, 3.05) is 64.5 Å². The Balaban J connectivity index is 1.14. The number of hydrogen-bond donors (Lipinski definition) is 2. The lowest BCUT2D eigenvalue weighted by molar-refractivity contribution is -0.181. The molecule has 0 fully saturated rings. The number of ether oxygens (including phenoxy) is 6. The summed E-state index contributed by atoms with van der Waals surface area (Å²) in [6.45, 7) is 6.68. The second-order valence-electron chi connectivity index (χ2n) is 14.2. The molecule has 6 rings (SSSR count). The van der Waals surface area contributed by atoms with Crippen LogP contribution in [0, 0.1) is 6.92 Å². The minimum atomic E-state index is -4.58. The fourth-order valence-electron chi connectivity index (χ4n) is 5.98. The van der Waals surface area contributed by atoms with E-state index in [1.807, 2.05) is 55.5 Å². The van der Waals surface area contributed by atoms with Crippen LogP contribution in [-0.2, 0) is 26.0 Å². The number of hydrogen-bond acceptors (Lipinski definition) is 10. The molecule has 0 bridgehead atoms. The van der Waals surface area contributed by atoms with Gasteiger partial charge in [0.1, 0.15) is 40.9 Å². The number of methoxy groups -OCH3 is 2. The third-order valence-corrected chi connectivity index (χ3v) is 9.44. The first-order chi connectivity index (χ1) is 28.8. The normalized spacial score (nSPS) is 11.7. The Morgan fingerprint density at radius 2 is 1.48 bits per heavy atom. The first kappa shape index (κ1) is 43.4. The number of urea groups is 1. The Labute approximate surface area is 345 Å². The van der Waals surface area contributed by atoms with Gasteiger partial charge in [-0.25, -0.2) is 14.5 Å². The van der Waals surface area contributed by atoms with Crippen LogP contribution in [-0.4, -0.2) is 85.8 Å². The van der Waals surface area contributed by atoms with E-state index < -0.39 is 17.6 Å². The number of rotatable bonds is 19. The molecule has 0 atom stereocenters. The van der Waals surface area contributed by atoms with Gasteiger partial charge >= 0.3 is 12.2 Å². The molecule has 0 radical (unpaired) electrons. The largest absolute Gasteiger partial charge is 0.497 e. The molecule has 6 aromatic rings. The molecule has 0 saturated carbocycles. The third kappa shape index (κ3) is 11.1. The van der Waals surface area contributed by atoms with E-state index in [0.29, 0.717) is 97.2 Å². The van der Waals surface area contributed by atoms with Crippen LogP contribution < -0.4 is 24.8 Å². The Hall–Kier alpha value is -6.23. The summed E-state index contributed by atoms with van der Waals surface area (Å²) in [6.07, 6.45) is -2.62. The van der Waals surface area contributed by atoms with Crippen LogP contribution in [0.2, 0.25) is 0 Å². The zero-order chi connectivity index (χ0) is 42.7. The monoisotopic (exact) mass is 828 g/mol. The van der Waals surface area contributed by atoms with Gasteiger partial charge in [-0.2, -0.15) is 23.3 Å². The Morgan fingerprint density at radius 1 is 0.783 bits per heavy atom. The Morgan fingerprint density at radius 3 is 2.20 bits per heavy atom. The smallest absolute Gasteiger partial charge is 0.399 e. The van der Waals surface area contributed by atoms with Crippen molar-refractivity contribution in [3.63, 3.8) is 0 Å². The molecule has 2 heterocycles. The number of aromatic nitrogens is 4. The van der Waals surface area contributed by atoms with Gasteiger partial charge in [-0.15, -0.1) is 0 Å². The summed E-state index contributed by atoms with van der Waals surface area (Å²) in [6, 6.07) is 25.5. The molecule has 2 aromatic heterocycles. The topological polar surface area (TPSA) is 140 Å². The number of aryl methyl sites for hydroxylation is 1. The maximum Gasteiger partial charge on any atom is 0.399 e. The van der Waals surface area contributed by atoms with Gasteiger partial charge in [0.25, 0.3) is 0 Å². The number of nitrogens with one attached hydrogen (secondary N) is 2. The van der Waals surface area contributed by atoms with Crippen LogP contribution in [0.1, 0.15) is 36.5 Å². The van der Waals surface area contributed by atoms with E-state index in [1.54, 1.807) is 56.8 Å². The van der Waals surface area contributed by atoms with E-state index in [4.69, 9.17) is 28.4 Å². The van der Waals surface area contributed by atoms with Crippen molar-refractivity contribution >= 4 is 28.3 Å². The molecule has 16 heteroatoms. The van der Waals surface area contributed by atoms with Gasteiger partial charge in [-0.3, -0.25) is 5.32 Å². The zero-order valence-corrected chi connectivity index (χ0v) is 34.0. The van der Waals surface area contributed by atoms with Gasteiger partial charge in [-0.05, 0) is 62.7 Å². The fraction of sp³-hybridized carbons (Fsp3) is 0.318. The number of alkyl halides is 3. The summed E-state index contributed by atoms with van der Waals surface area (Å²) in [5.74, 6) is 2.55. The maximum absolute atomic E-state index is 14.0. The SMILES string of the molecule is COCCOCCOCCOc1cc(Cc2nccc(Oc3ccc(NC(=O)Nc4cc(C(C)(C)C(F)(F)F)nn4-c4ccc(C)cc4)c4ccccc34)n2)cc(OC)c1. The average Bonchev–Trinajstić information content (AvgIpc) is 3.65. The number of benzene rings is 4. The summed E-state index contributed by atoms with van der Waals surface area (Å²) >= 11 is 0. The minimum absolute atomic E-state index is 0.0614. The molecule has 13 nitrogen and oxygen atoms in total. The van der Waals surface area contributed by atoms with Crippen LogP contribution >= 0.6 is 0 Å². The summed E-state index contributed by atoms with van der Waals surface area (Å²) in [5.41, 5.74) is 0.201. The second kappa shape index (κ2) is 19.7. The molecule has 60 heavy (non-hydrogen) atoms. The first-order valence-corrected chi connectivity index (χ1v) is 19.1. The molecule has 4 aromatic carbocycles. The number of fused-ring (bicyclic) bond motifs is 1. The van der Waals surface area contributed by atoms with Crippen molar-refractivity contribution in [1.29, 1.82) is 0 Å². The quantitative estimate of drug-likeness (QED) is 0.0761. The van der Waals surface area contributed by atoms with E-state index in [9.17, 15) is 18.0 Å². The molecule has 0 unspecified atom stereocenters. The van der Waals surface area contributed by atoms with Gasteiger partial charge < -0.3 is 33.7 Å². The van der Waals surface area contributed by atoms with Crippen molar-refractivity contribution < 1.29 is 46.4 Å². The maximum atomic E-state index is 14.0. The lowest BCUT2D eigenvalue weighted by Gasteiger charge is -2.25. The highest BCUT2D eigenvalue weighted by Crippen LogP contribution is 2.41. The van der Waals surface area contributed by atoms with Crippen LogP contribution in [0.15, 0.2) is 97.2 Å². The third-order valence-electron chi connectivity index (χ3n) is 9.44. The lowest BCUT2D eigenvalue weighted by Crippen LogP contribution is -2.36. The van der Waals surface area contributed by atoms with Gasteiger partial charge in [0.2, 0.25) is 5.88 Å². The summed E-state index contributed by atoms with van der Waals surface area (Å²) < 4.78 is 77.1. The minimum Gasteiger partial charge on any atom is -0.497 e. The summed E-state index contributed by atoms with van der Waals surface area (Å²) in [5, 5.41) is 11.1. The number of carbonyl (C=O) groups is 1. The predicted octanol–water partition coefficient (Wildman–Crippen LogP) is 9.06. The van der Waals surface area contributed by atoms with Crippen LogP contribution in [0.3, 0.4) is 0 Å². The van der Waals surface area contributed by atoms with Gasteiger partial charge in [-0.1, -0.05) is 42.0 Å². The second-order valence-corrected chi connectivity index (χ2v) is 14.2. The van der Waals surface area contributed by atoms with Gasteiger partial charge in [0.05, 0.1) is 57.2 Å². The highest BCUT2D eigenvalue weighted by molar-refractivity contribution is 6.07. The van der Waals surface area contributed by atoms with Gasteiger partial charge in [0, 0.05) is 48.7 Å². The number of anilines is 2. The molecule has 0 saturated heterocycles. The molecule has 2 N–H and O–H groups in total. The number of halogens is 3. The number of amides is 2. The van der Waals surface area contributed by atoms with E-state index in [2.05, 4.69) is 25.7 Å². The molecule has 0 aliphatic rings. The molecule has 316 valence electrons. The fourth-order valence-corrected chi connectivity index (χ4v) is 5.98. The van der Waals surface area contributed by atoms with Crippen molar-refractivity contribution in [3.05, 3.63) is 120 Å². The zero-order valence-electron chi connectivity index (χ0n) is 34.0. The summed E-state index contributed by atoms with van der Waals surface area (Å²) in [7, 11) is 3.20. The highest BCUT2D eigenvalue weighted by atomic mass is 19.4. The first-order valence-electron chi connectivity index (χ1n) is 19.1. The van der Waals surface area contributed by atoms with Crippen molar-refractivity contribution in [1.82, 2.24) is 19.7 Å².